The molecule has 39 heavy (non-hydrogen) atoms. The van der Waals surface area contributed by atoms with E-state index in [9.17, 15) is 0 Å². The summed E-state index contributed by atoms with van der Waals surface area (Å²) in [7, 11) is 0. The minimum atomic E-state index is -1.01. The third-order valence-corrected chi connectivity index (χ3v) is 9.24. The van der Waals surface area contributed by atoms with Crippen LogP contribution in [0.25, 0.3) is 0 Å². The van der Waals surface area contributed by atoms with Gasteiger partial charge in [0.05, 0.1) is 0 Å². The number of aliphatic imine (C=N–C) groups is 1. The van der Waals surface area contributed by atoms with E-state index in [-0.39, 0.29) is 0 Å². The Labute approximate surface area is 244 Å². The van der Waals surface area contributed by atoms with Crippen LogP contribution in [0.2, 0.25) is 0 Å². The van der Waals surface area contributed by atoms with Crippen LogP contribution in [0.15, 0.2) is 83.5 Å². The van der Waals surface area contributed by atoms with E-state index in [1.807, 2.05) is 30.3 Å². The molecule has 206 valence electrons. The molecule has 0 saturated carbocycles. The average Bonchev–Trinajstić information content (AvgIpc) is 2.88. The van der Waals surface area contributed by atoms with E-state index in [0.717, 1.165) is 22.8 Å². The van der Waals surface area contributed by atoms with Gasteiger partial charge in [-0.15, -0.1) is 0 Å². The van der Waals surface area contributed by atoms with Gasteiger partial charge in [-0.2, -0.15) is 0 Å². The van der Waals surface area contributed by atoms with Crippen LogP contribution in [-0.4, -0.2) is 21.7 Å². The standard InChI is InChI=1S/C35H46GeN2O/c1-23(2)30-18-14-19-31(24(3)4)34(30)37-27(9)22-28(10)38(36-39-29-16-12-11-13-17-29)35-32(25(5)6)20-15-21-33(35)26(7)8/h11-26H,1-10H3/b28-22-,37-27?. The van der Waals surface area contributed by atoms with Crippen LogP contribution in [0.1, 0.15) is 115 Å². The Hall–Kier alpha value is -2.79. The summed E-state index contributed by atoms with van der Waals surface area (Å²) in [5.74, 6) is 2.54. The second-order valence-corrected chi connectivity index (χ2v) is 13.3. The van der Waals surface area contributed by atoms with Crippen molar-refractivity contribution >= 4 is 33.1 Å². The number of anilines is 1. The SMILES string of the molecule is CC(/C=C(/C)[N]([Ge][O]c1ccccc1)c1c(C(C)C)cccc1C(C)C)=Nc1c(C(C)C)cccc1C(C)C. The Morgan fingerprint density at radius 1 is 0.667 bits per heavy atom. The van der Waals surface area contributed by atoms with E-state index in [4.69, 9.17) is 8.76 Å². The van der Waals surface area contributed by atoms with Gasteiger partial charge in [-0.25, -0.2) is 0 Å². The molecule has 0 aromatic heterocycles. The molecule has 0 fully saturated rings. The van der Waals surface area contributed by atoms with Gasteiger partial charge in [0.25, 0.3) is 0 Å². The summed E-state index contributed by atoms with van der Waals surface area (Å²) in [6.45, 7) is 22.4. The summed E-state index contributed by atoms with van der Waals surface area (Å²) in [5.41, 5.74) is 9.91. The molecule has 4 heteroatoms. The summed E-state index contributed by atoms with van der Waals surface area (Å²) in [6.07, 6.45) is 2.24. The summed E-state index contributed by atoms with van der Waals surface area (Å²) < 4.78 is 8.94. The molecule has 0 bridgehead atoms. The fourth-order valence-corrected chi connectivity index (χ4v) is 6.74. The van der Waals surface area contributed by atoms with Crippen molar-refractivity contribution in [1.29, 1.82) is 0 Å². The molecule has 0 N–H and O–H groups in total. The van der Waals surface area contributed by atoms with Gasteiger partial charge >= 0.3 is 245 Å². The van der Waals surface area contributed by atoms with Gasteiger partial charge in [0.15, 0.2) is 0 Å². The third-order valence-electron chi connectivity index (χ3n) is 6.97. The normalized spacial score (nSPS) is 12.7. The fourth-order valence-electron chi connectivity index (χ4n) is 4.87. The molecule has 0 aliphatic carbocycles. The van der Waals surface area contributed by atoms with Gasteiger partial charge in [0.2, 0.25) is 0 Å². The Morgan fingerprint density at radius 2 is 1.13 bits per heavy atom. The number of para-hydroxylation sites is 3. The first-order chi connectivity index (χ1) is 18.5. The van der Waals surface area contributed by atoms with E-state index < -0.39 is 16.0 Å². The van der Waals surface area contributed by atoms with Gasteiger partial charge in [-0.1, -0.05) is 0 Å². The van der Waals surface area contributed by atoms with Gasteiger partial charge in [-0.05, 0) is 0 Å². The molecule has 0 spiro atoms. The molecule has 0 atom stereocenters. The Morgan fingerprint density at radius 3 is 1.59 bits per heavy atom. The maximum atomic E-state index is 6.48. The van der Waals surface area contributed by atoms with Crippen LogP contribution < -0.4 is 7.62 Å². The van der Waals surface area contributed by atoms with Crippen molar-refractivity contribution in [3.8, 4) is 5.75 Å². The molecule has 2 radical (unpaired) electrons. The van der Waals surface area contributed by atoms with Crippen molar-refractivity contribution in [1.82, 2.24) is 0 Å². The fraction of sp³-hybridized carbons (Fsp3) is 0.400. The van der Waals surface area contributed by atoms with Gasteiger partial charge < -0.3 is 0 Å². The van der Waals surface area contributed by atoms with E-state index >= 15 is 0 Å². The minimum absolute atomic E-state index is 0.401. The Kier molecular flexibility index (Phi) is 11.1. The second-order valence-electron chi connectivity index (χ2n) is 11.6. The number of benzene rings is 3. The monoisotopic (exact) mass is 584 g/mol. The first-order valence-corrected chi connectivity index (χ1v) is 16.1. The van der Waals surface area contributed by atoms with Crippen molar-refractivity contribution in [3.05, 3.63) is 101 Å². The van der Waals surface area contributed by atoms with Crippen LogP contribution >= 0.6 is 0 Å². The predicted molar refractivity (Wildman–Crippen MR) is 171 cm³/mol. The van der Waals surface area contributed by atoms with E-state index in [0.29, 0.717) is 23.7 Å². The molecule has 3 aromatic rings. The van der Waals surface area contributed by atoms with Gasteiger partial charge in [0, 0.05) is 0 Å². The molecular formula is C35H46GeN2O. The van der Waals surface area contributed by atoms with Gasteiger partial charge in [-0.3, -0.25) is 0 Å². The zero-order valence-corrected chi connectivity index (χ0v) is 27.6. The molecule has 0 aliphatic heterocycles. The molecule has 0 saturated heterocycles. The number of hydrogen-bond acceptors (Lipinski definition) is 3. The molecule has 0 unspecified atom stereocenters. The number of allylic oxidation sites excluding steroid dienone is 2. The van der Waals surface area contributed by atoms with Crippen LogP contribution in [0.3, 0.4) is 0 Å². The van der Waals surface area contributed by atoms with Crippen LogP contribution in [0.4, 0.5) is 11.4 Å². The molecule has 3 aromatic carbocycles. The van der Waals surface area contributed by atoms with Crippen LogP contribution in [0, 0.1) is 0 Å². The Bertz CT molecular complexity index is 1240. The van der Waals surface area contributed by atoms with Crippen molar-refractivity contribution < 1.29 is 3.76 Å². The third kappa shape index (κ3) is 7.88. The molecule has 0 heterocycles. The maximum absolute atomic E-state index is 6.48. The number of hydrogen-bond donors (Lipinski definition) is 0. The predicted octanol–water partition coefficient (Wildman–Crippen LogP) is 10.3. The van der Waals surface area contributed by atoms with Crippen molar-refractivity contribution in [2.75, 3.05) is 3.86 Å². The summed E-state index contributed by atoms with van der Waals surface area (Å²) in [5, 5.41) is 0. The summed E-state index contributed by atoms with van der Waals surface area (Å²) in [6, 6.07) is 23.5. The van der Waals surface area contributed by atoms with E-state index in [2.05, 4.69) is 116 Å². The summed E-state index contributed by atoms with van der Waals surface area (Å²) in [4.78, 5) is 5.24. The molecule has 0 amide bonds. The van der Waals surface area contributed by atoms with Gasteiger partial charge in [0.1, 0.15) is 0 Å². The zero-order valence-electron chi connectivity index (χ0n) is 25.5. The second kappa shape index (κ2) is 14.0. The average molecular weight is 583 g/mol. The first-order valence-electron chi connectivity index (χ1n) is 14.3. The summed E-state index contributed by atoms with van der Waals surface area (Å²) >= 11 is -1.01. The van der Waals surface area contributed by atoms with Crippen molar-refractivity contribution in [2.24, 2.45) is 4.99 Å². The molecule has 3 rings (SSSR count). The number of rotatable bonds is 11. The van der Waals surface area contributed by atoms with Crippen LogP contribution in [-0.2, 0) is 0 Å². The first kappa shape index (κ1) is 30.8. The molecule has 3 nitrogen and oxygen atoms in total. The zero-order chi connectivity index (χ0) is 28.7. The topological polar surface area (TPSA) is 24.8 Å². The van der Waals surface area contributed by atoms with E-state index in [1.165, 1.54) is 27.9 Å². The van der Waals surface area contributed by atoms with E-state index in [1.54, 1.807) is 0 Å². The van der Waals surface area contributed by atoms with Crippen molar-refractivity contribution in [3.63, 3.8) is 0 Å². The molecule has 0 aliphatic rings. The number of nitrogens with zero attached hydrogens (tertiary/aromatic N) is 2. The quantitative estimate of drug-likeness (QED) is 0.166. The van der Waals surface area contributed by atoms with Crippen molar-refractivity contribution in [2.45, 2.75) is 92.9 Å². The van der Waals surface area contributed by atoms with Crippen LogP contribution in [0.5, 0.6) is 5.75 Å². The molecular weight excluding hydrogens is 537 g/mol. The Balaban J connectivity index is 2.14.